The molecule has 1 N–H and O–H groups in total. The third kappa shape index (κ3) is 2.34. The third-order valence-corrected chi connectivity index (χ3v) is 4.65. The molecule has 0 spiro atoms. The van der Waals surface area contributed by atoms with Crippen LogP contribution in [0.25, 0.3) is 0 Å². The van der Waals surface area contributed by atoms with Crippen molar-refractivity contribution in [1.82, 2.24) is 0 Å². The van der Waals surface area contributed by atoms with Crippen LogP contribution in [0.3, 0.4) is 0 Å². The largest absolute Gasteiger partial charge is 0.393 e. The molecule has 1 aliphatic rings. The minimum absolute atomic E-state index is 0.155. The van der Waals surface area contributed by atoms with Crippen LogP contribution in [0.2, 0.25) is 0 Å². The molecule has 0 amide bonds. The Labute approximate surface area is 125 Å². The summed E-state index contributed by atoms with van der Waals surface area (Å²) >= 11 is 0. The smallest absolute Gasteiger partial charge is 0.110 e. The Balaban J connectivity index is 2.17. The highest BCUT2D eigenvalue weighted by atomic mass is 16.3. The zero-order valence-electron chi connectivity index (χ0n) is 11.9. The fourth-order valence-corrected chi connectivity index (χ4v) is 3.61. The first-order valence-electron chi connectivity index (χ1n) is 7.47. The van der Waals surface area contributed by atoms with Gasteiger partial charge in [0.1, 0.15) is 5.41 Å². The van der Waals surface area contributed by atoms with Crippen molar-refractivity contribution < 1.29 is 5.11 Å². The van der Waals surface area contributed by atoms with E-state index in [-0.39, 0.29) is 12.0 Å². The molecule has 0 saturated heterocycles. The van der Waals surface area contributed by atoms with Gasteiger partial charge in [-0.1, -0.05) is 60.7 Å². The van der Waals surface area contributed by atoms with Crippen molar-refractivity contribution >= 4 is 0 Å². The standard InChI is InChI=1S/C19H19NO/c20-14-19(15-7-3-1-4-8-15,16-9-5-2-6-10-16)17-11-12-18(21)13-17/h1-10,17-18,21H,11-13H2/t17?,18-/m0/s1. The van der Waals surface area contributed by atoms with E-state index in [0.29, 0.717) is 6.42 Å². The normalized spacial score (nSPS) is 21.9. The fourth-order valence-electron chi connectivity index (χ4n) is 3.61. The van der Waals surface area contributed by atoms with Crippen LogP contribution in [0.15, 0.2) is 60.7 Å². The van der Waals surface area contributed by atoms with Crippen LogP contribution in [0.1, 0.15) is 30.4 Å². The van der Waals surface area contributed by atoms with Crippen molar-refractivity contribution in [2.24, 2.45) is 5.92 Å². The van der Waals surface area contributed by atoms with Crippen molar-refractivity contribution in [3.8, 4) is 6.07 Å². The average molecular weight is 277 g/mol. The van der Waals surface area contributed by atoms with Gasteiger partial charge in [-0.05, 0) is 36.3 Å². The highest BCUT2D eigenvalue weighted by Gasteiger charge is 2.45. The first-order chi connectivity index (χ1) is 10.3. The summed E-state index contributed by atoms with van der Waals surface area (Å²) in [6.45, 7) is 0. The molecular formula is C19H19NO. The Hall–Kier alpha value is -2.11. The van der Waals surface area contributed by atoms with Gasteiger partial charge in [0.15, 0.2) is 0 Å². The molecule has 2 aromatic carbocycles. The van der Waals surface area contributed by atoms with E-state index in [2.05, 4.69) is 6.07 Å². The molecule has 3 rings (SSSR count). The predicted octanol–water partition coefficient (Wildman–Crippen LogP) is 3.66. The maximum absolute atomic E-state index is 10.1. The maximum atomic E-state index is 10.1. The Morgan fingerprint density at radius 3 is 1.81 bits per heavy atom. The van der Waals surface area contributed by atoms with Gasteiger partial charge in [0.05, 0.1) is 12.2 Å². The fraction of sp³-hybridized carbons (Fsp3) is 0.316. The molecule has 1 saturated carbocycles. The second-order valence-electron chi connectivity index (χ2n) is 5.82. The molecule has 1 fully saturated rings. The first-order valence-corrected chi connectivity index (χ1v) is 7.47. The molecule has 0 aliphatic heterocycles. The molecule has 2 nitrogen and oxygen atoms in total. The first kappa shape index (κ1) is 13.9. The van der Waals surface area contributed by atoms with Gasteiger partial charge < -0.3 is 5.11 Å². The molecule has 0 aromatic heterocycles. The van der Waals surface area contributed by atoms with Gasteiger partial charge in [-0.25, -0.2) is 0 Å². The van der Waals surface area contributed by atoms with Crippen LogP contribution in [-0.2, 0) is 5.41 Å². The van der Waals surface area contributed by atoms with Gasteiger partial charge in [0.25, 0.3) is 0 Å². The lowest BCUT2D eigenvalue weighted by molar-refractivity contribution is 0.173. The molecule has 0 heterocycles. The number of aliphatic hydroxyl groups excluding tert-OH is 1. The average Bonchev–Trinajstić information content (AvgIpc) is 2.98. The van der Waals surface area contributed by atoms with Crippen LogP contribution >= 0.6 is 0 Å². The second kappa shape index (κ2) is 5.71. The van der Waals surface area contributed by atoms with Crippen LogP contribution in [0.5, 0.6) is 0 Å². The molecule has 0 bridgehead atoms. The molecule has 1 unspecified atom stereocenters. The van der Waals surface area contributed by atoms with Crippen molar-refractivity contribution in [2.45, 2.75) is 30.8 Å². The van der Waals surface area contributed by atoms with E-state index in [0.717, 1.165) is 24.0 Å². The highest BCUT2D eigenvalue weighted by Crippen LogP contribution is 2.46. The van der Waals surface area contributed by atoms with Crippen LogP contribution in [0.4, 0.5) is 0 Å². The molecule has 2 heteroatoms. The molecular weight excluding hydrogens is 258 g/mol. The Morgan fingerprint density at radius 1 is 0.905 bits per heavy atom. The SMILES string of the molecule is N#CC(c1ccccc1)(c1ccccc1)C1CC[C@H](O)C1. The lowest BCUT2D eigenvalue weighted by atomic mass is 9.66. The summed E-state index contributed by atoms with van der Waals surface area (Å²) < 4.78 is 0. The van der Waals surface area contributed by atoms with Gasteiger partial charge in [-0.3, -0.25) is 0 Å². The molecule has 2 atom stereocenters. The van der Waals surface area contributed by atoms with Crippen molar-refractivity contribution in [3.05, 3.63) is 71.8 Å². The topological polar surface area (TPSA) is 44.0 Å². The van der Waals surface area contributed by atoms with Gasteiger partial charge in [0, 0.05) is 0 Å². The van der Waals surface area contributed by atoms with E-state index < -0.39 is 5.41 Å². The van der Waals surface area contributed by atoms with Crippen LogP contribution in [-0.4, -0.2) is 11.2 Å². The van der Waals surface area contributed by atoms with E-state index in [1.807, 2.05) is 60.7 Å². The molecule has 2 aromatic rings. The summed E-state index contributed by atoms with van der Waals surface area (Å²) in [5.41, 5.74) is 1.38. The zero-order chi connectivity index (χ0) is 14.7. The number of hydrogen-bond acceptors (Lipinski definition) is 2. The number of aliphatic hydroxyl groups is 1. The third-order valence-electron chi connectivity index (χ3n) is 4.65. The zero-order valence-corrected chi connectivity index (χ0v) is 11.9. The Kier molecular flexibility index (Phi) is 3.77. The molecule has 21 heavy (non-hydrogen) atoms. The van der Waals surface area contributed by atoms with E-state index in [4.69, 9.17) is 0 Å². The summed E-state index contributed by atoms with van der Waals surface area (Å²) in [6, 6.07) is 22.6. The Bertz CT molecular complexity index is 590. The van der Waals surface area contributed by atoms with E-state index in [9.17, 15) is 10.4 Å². The Morgan fingerprint density at radius 2 is 1.43 bits per heavy atom. The van der Waals surface area contributed by atoms with Gasteiger partial charge in [-0.2, -0.15) is 5.26 Å². The maximum Gasteiger partial charge on any atom is 0.110 e. The lowest BCUT2D eigenvalue weighted by Gasteiger charge is -2.34. The highest BCUT2D eigenvalue weighted by molar-refractivity contribution is 5.47. The second-order valence-corrected chi connectivity index (χ2v) is 5.82. The van der Waals surface area contributed by atoms with E-state index >= 15 is 0 Å². The summed E-state index contributed by atoms with van der Waals surface area (Å²) in [4.78, 5) is 0. The number of rotatable bonds is 3. The minimum Gasteiger partial charge on any atom is -0.393 e. The number of benzene rings is 2. The molecule has 106 valence electrons. The lowest BCUT2D eigenvalue weighted by Crippen LogP contribution is -2.34. The minimum atomic E-state index is -0.667. The van der Waals surface area contributed by atoms with Crippen molar-refractivity contribution in [2.75, 3.05) is 0 Å². The van der Waals surface area contributed by atoms with Gasteiger partial charge in [0.2, 0.25) is 0 Å². The summed E-state index contributed by atoms with van der Waals surface area (Å²) in [7, 11) is 0. The van der Waals surface area contributed by atoms with Crippen LogP contribution in [0, 0.1) is 17.2 Å². The quantitative estimate of drug-likeness (QED) is 0.930. The molecule has 1 aliphatic carbocycles. The van der Waals surface area contributed by atoms with Crippen LogP contribution < -0.4 is 0 Å². The van der Waals surface area contributed by atoms with E-state index in [1.165, 1.54) is 0 Å². The number of nitrogens with zero attached hydrogens (tertiary/aromatic N) is 1. The predicted molar refractivity (Wildman–Crippen MR) is 82.6 cm³/mol. The van der Waals surface area contributed by atoms with Crippen molar-refractivity contribution in [1.29, 1.82) is 5.26 Å². The number of nitriles is 1. The molecule has 0 radical (unpaired) electrons. The van der Waals surface area contributed by atoms with Crippen molar-refractivity contribution in [3.63, 3.8) is 0 Å². The van der Waals surface area contributed by atoms with Gasteiger partial charge in [-0.15, -0.1) is 0 Å². The summed E-state index contributed by atoms with van der Waals surface area (Å²) in [5.74, 6) is 0.155. The monoisotopic (exact) mass is 277 g/mol. The summed E-state index contributed by atoms with van der Waals surface area (Å²) in [6.07, 6.45) is 2.08. The number of hydrogen-bond donors (Lipinski definition) is 1. The van der Waals surface area contributed by atoms with E-state index in [1.54, 1.807) is 0 Å². The van der Waals surface area contributed by atoms with Gasteiger partial charge >= 0.3 is 0 Å². The summed E-state index contributed by atoms with van der Waals surface area (Å²) in [5, 5.41) is 20.0.